The number of hydrogen-bond donors (Lipinski definition) is 0. The zero-order chi connectivity index (χ0) is 10.1. The van der Waals surface area contributed by atoms with Crippen LogP contribution in [0.15, 0.2) is 17.0 Å². The van der Waals surface area contributed by atoms with Gasteiger partial charge in [0.2, 0.25) is 0 Å². The van der Waals surface area contributed by atoms with Crippen molar-refractivity contribution in [2.24, 2.45) is 0 Å². The van der Waals surface area contributed by atoms with Crippen LogP contribution >= 0.6 is 11.8 Å². The van der Waals surface area contributed by atoms with E-state index in [1.54, 1.807) is 0 Å². The Morgan fingerprint density at radius 3 is 2.86 bits per heavy atom. The molecule has 1 aliphatic heterocycles. The van der Waals surface area contributed by atoms with Gasteiger partial charge >= 0.3 is 0 Å². The van der Waals surface area contributed by atoms with E-state index in [-0.39, 0.29) is 0 Å². The highest BCUT2D eigenvalue weighted by Crippen LogP contribution is 2.32. The topological polar surface area (TPSA) is 17.1 Å². The van der Waals surface area contributed by atoms with E-state index in [0.717, 1.165) is 17.7 Å². The molecule has 0 aromatic heterocycles. The van der Waals surface area contributed by atoms with Crippen LogP contribution in [0.1, 0.15) is 34.3 Å². The Kier molecular flexibility index (Phi) is 2.64. The average Bonchev–Trinajstić information content (AvgIpc) is 2.35. The van der Waals surface area contributed by atoms with E-state index in [9.17, 15) is 4.79 Å². The second kappa shape index (κ2) is 3.77. The van der Waals surface area contributed by atoms with E-state index in [2.05, 4.69) is 26.0 Å². The fourth-order valence-corrected chi connectivity index (χ4v) is 2.88. The molecule has 0 N–H and O–H groups in total. The maximum Gasteiger partial charge on any atom is 0.164 e. The molecular formula is C12H14OS. The molecule has 0 atom stereocenters. The van der Waals surface area contributed by atoms with Crippen molar-refractivity contribution in [3.8, 4) is 0 Å². The lowest BCUT2D eigenvalue weighted by Crippen LogP contribution is -2.02. The third kappa shape index (κ3) is 1.59. The lowest BCUT2D eigenvalue weighted by atomic mass is 9.98. The summed E-state index contributed by atoms with van der Waals surface area (Å²) in [6, 6.07) is 4.20. The molecular weight excluding hydrogens is 192 g/mol. The number of carbonyl (C=O) groups excluding carboxylic acids is 1. The summed E-state index contributed by atoms with van der Waals surface area (Å²) in [6.45, 7) is 4.12. The highest BCUT2D eigenvalue weighted by atomic mass is 32.2. The predicted octanol–water partition coefficient (Wildman–Crippen LogP) is 3.37. The molecule has 0 saturated carbocycles. The standard InChI is InChI=1S/C12H14OS/c1-8-5-6-11-12(9(8)2)10(13)4-3-7-14-11/h5-6H,3-4,7H2,1-2H3. The van der Waals surface area contributed by atoms with Gasteiger partial charge in [0.05, 0.1) is 0 Å². The highest BCUT2D eigenvalue weighted by molar-refractivity contribution is 7.99. The molecule has 2 heteroatoms. The molecule has 74 valence electrons. The molecule has 0 saturated heterocycles. The first-order valence-corrected chi connectivity index (χ1v) is 5.95. The van der Waals surface area contributed by atoms with Gasteiger partial charge < -0.3 is 0 Å². The monoisotopic (exact) mass is 206 g/mol. The largest absolute Gasteiger partial charge is 0.294 e. The number of rotatable bonds is 0. The van der Waals surface area contributed by atoms with Gasteiger partial charge in [-0.15, -0.1) is 11.8 Å². The molecule has 0 bridgehead atoms. The van der Waals surface area contributed by atoms with E-state index < -0.39 is 0 Å². The van der Waals surface area contributed by atoms with Gasteiger partial charge in [-0.2, -0.15) is 0 Å². The van der Waals surface area contributed by atoms with E-state index in [1.165, 1.54) is 16.0 Å². The summed E-state index contributed by atoms with van der Waals surface area (Å²) in [5, 5.41) is 0. The van der Waals surface area contributed by atoms with Gasteiger partial charge in [0.15, 0.2) is 5.78 Å². The zero-order valence-electron chi connectivity index (χ0n) is 8.59. The molecule has 0 aliphatic carbocycles. The summed E-state index contributed by atoms with van der Waals surface area (Å²) >= 11 is 1.82. The van der Waals surface area contributed by atoms with Crippen molar-refractivity contribution in [3.63, 3.8) is 0 Å². The molecule has 2 rings (SSSR count). The number of thioether (sulfide) groups is 1. The number of benzene rings is 1. The zero-order valence-corrected chi connectivity index (χ0v) is 9.41. The second-order valence-corrected chi connectivity index (χ2v) is 4.89. The maximum absolute atomic E-state index is 11.9. The molecule has 0 fully saturated rings. The third-order valence-corrected chi connectivity index (χ3v) is 3.93. The van der Waals surface area contributed by atoms with Crippen LogP contribution in [-0.4, -0.2) is 11.5 Å². The quantitative estimate of drug-likeness (QED) is 0.647. The normalized spacial score (nSPS) is 16.3. The van der Waals surface area contributed by atoms with E-state index in [4.69, 9.17) is 0 Å². The molecule has 1 nitrogen and oxygen atoms in total. The van der Waals surface area contributed by atoms with Crippen molar-refractivity contribution in [2.75, 3.05) is 5.75 Å². The van der Waals surface area contributed by atoms with Crippen molar-refractivity contribution in [1.29, 1.82) is 0 Å². The van der Waals surface area contributed by atoms with Gasteiger partial charge in [-0.3, -0.25) is 4.79 Å². The Morgan fingerprint density at radius 2 is 2.07 bits per heavy atom. The van der Waals surface area contributed by atoms with Crippen LogP contribution < -0.4 is 0 Å². The van der Waals surface area contributed by atoms with Gasteiger partial charge in [0.1, 0.15) is 0 Å². The van der Waals surface area contributed by atoms with Crippen molar-refractivity contribution < 1.29 is 4.79 Å². The minimum absolute atomic E-state index is 0.325. The van der Waals surface area contributed by atoms with Crippen molar-refractivity contribution >= 4 is 17.5 Å². The van der Waals surface area contributed by atoms with Gasteiger partial charge in [-0.05, 0) is 43.2 Å². The van der Waals surface area contributed by atoms with Crippen LogP contribution in [0.3, 0.4) is 0 Å². The Labute approximate surface area is 88.9 Å². The van der Waals surface area contributed by atoms with Gasteiger partial charge in [0, 0.05) is 16.9 Å². The fraction of sp³-hybridized carbons (Fsp3) is 0.417. The van der Waals surface area contributed by atoms with Crippen LogP contribution in [0.5, 0.6) is 0 Å². The second-order valence-electron chi connectivity index (χ2n) is 3.76. The van der Waals surface area contributed by atoms with E-state index in [0.29, 0.717) is 12.2 Å². The summed E-state index contributed by atoms with van der Waals surface area (Å²) in [6.07, 6.45) is 1.72. The Hall–Kier alpha value is -0.760. The van der Waals surface area contributed by atoms with Crippen LogP contribution in [-0.2, 0) is 0 Å². The summed E-state index contributed by atoms with van der Waals surface area (Å²) in [5.74, 6) is 1.40. The Bertz CT molecular complexity index is 382. The number of Topliss-reactive ketones (excluding diaryl/α,β-unsaturated/α-hetero) is 1. The van der Waals surface area contributed by atoms with Crippen LogP contribution in [0.25, 0.3) is 0 Å². The lowest BCUT2D eigenvalue weighted by molar-refractivity contribution is 0.0979. The first-order chi connectivity index (χ1) is 6.70. The minimum Gasteiger partial charge on any atom is -0.294 e. The molecule has 14 heavy (non-hydrogen) atoms. The number of fused-ring (bicyclic) bond motifs is 1. The molecule has 0 amide bonds. The molecule has 0 spiro atoms. The SMILES string of the molecule is Cc1ccc2c(c1C)C(=O)CCCS2. The highest BCUT2D eigenvalue weighted by Gasteiger charge is 2.18. The summed E-state index contributed by atoms with van der Waals surface area (Å²) < 4.78 is 0. The number of carbonyl (C=O) groups is 1. The summed E-state index contributed by atoms with van der Waals surface area (Å²) in [7, 11) is 0. The summed E-state index contributed by atoms with van der Waals surface area (Å²) in [4.78, 5) is 13.0. The molecule has 1 aromatic rings. The van der Waals surface area contributed by atoms with Crippen molar-refractivity contribution in [3.05, 3.63) is 28.8 Å². The average molecular weight is 206 g/mol. The minimum atomic E-state index is 0.325. The van der Waals surface area contributed by atoms with Crippen LogP contribution in [0, 0.1) is 13.8 Å². The molecule has 1 heterocycles. The maximum atomic E-state index is 11.9. The van der Waals surface area contributed by atoms with E-state index in [1.807, 2.05) is 11.8 Å². The van der Waals surface area contributed by atoms with Gasteiger partial charge in [0.25, 0.3) is 0 Å². The van der Waals surface area contributed by atoms with Crippen molar-refractivity contribution in [1.82, 2.24) is 0 Å². The Morgan fingerprint density at radius 1 is 1.29 bits per heavy atom. The Balaban J connectivity index is 2.60. The smallest absolute Gasteiger partial charge is 0.164 e. The molecule has 0 unspecified atom stereocenters. The molecule has 0 radical (unpaired) electrons. The number of hydrogen-bond acceptors (Lipinski definition) is 2. The first kappa shape index (κ1) is 9.78. The summed E-state index contributed by atoms with van der Waals surface area (Å²) in [5.41, 5.74) is 3.37. The number of aryl methyl sites for hydroxylation is 1. The first-order valence-electron chi connectivity index (χ1n) is 4.96. The third-order valence-electron chi connectivity index (χ3n) is 2.78. The van der Waals surface area contributed by atoms with Crippen LogP contribution in [0.2, 0.25) is 0 Å². The van der Waals surface area contributed by atoms with Crippen molar-refractivity contribution in [2.45, 2.75) is 31.6 Å². The van der Waals surface area contributed by atoms with Crippen LogP contribution in [0.4, 0.5) is 0 Å². The fourth-order valence-electron chi connectivity index (χ4n) is 1.80. The van der Waals surface area contributed by atoms with E-state index >= 15 is 0 Å². The lowest BCUT2D eigenvalue weighted by Gasteiger charge is -2.09. The number of ketones is 1. The van der Waals surface area contributed by atoms with Gasteiger partial charge in [-0.1, -0.05) is 6.07 Å². The molecule has 1 aromatic carbocycles. The molecule has 1 aliphatic rings. The predicted molar refractivity (Wildman–Crippen MR) is 60.2 cm³/mol. The van der Waals surface area contributed by atoms with Gasteiger partial charge in [-0.25, -0.2) is 0 Å².